The van der Waals surface area contributed by atoms with Crippen molar-refractivity contribution < 1.29 is 8.42 Å². The highest BCUT2D eigenvalue weighted by molar-refractivity contribution is 9.11. The fourth-order valence-corrected chi connectivity index (χ4v) is 6.70. The zero-order valence-electron chi connectivity index (χ0n) is 10.7. The van der Waals surface area contributed by atoms with Crippen LogP contribution in [0.15, 0.2) is 14.1 Å². The summed E-state index contributed by atoms with van der Waals surface area (Å²) in [5, 5.41) is 3.51. The zero-order chi connectivity index (χ0) is 13.6. The Balaban J connectivity index is 1.87. The first-order valence-corrected chi connectivity index (χ1v) is 9.54. The smallest absolute Gasteiger partial charge is 0.252 e. The van der Waals surface area contributed by atoms with Gasteiger partial charge in [0, 0.05) is 25.2 Å². The van der Waals surface area contributed by atoms with Gasteiger partial charge in [0.2, 0.25) is 0 Å². The van der Waals surface area contributed by atoms with Crippen molar-refractivity contribution >= 4 is 37.3 Å². The number of aryl methyl sites for hydroxylation is 1. The lowest BCUT2D eigenvalue weighted by Crippen LogP contribution is -2.38. The van der Waals surface area contributed by atoms with E-state index in [1.54, 1.807) is 10.4 Å². The van der Waals surface area contributed by atoms with Gasteiger partial charge in [-0.15, -0.1) is 11.3 Å². The summed E-state index contributed by atoms with van der Waals surface area (Å²) in [5.74, 6) is 0. The average molecular weight is 365 g/mol. The third-order valence-electron chi connectivity index (χ3n) is 3.91. The highest BCUT2D eigenvalue weighted by Crippen LogP contribution is 2.33. The maximum absolute atomic E-state index is 12.7. The van der Waals surface area contributed by atoms with Gasteiger partial charge in [-0.3, -0.25) is 0 Å². The molecule has 4 nitrogen and oxygen atoms in total. The number of nitrogens with one attached hydrogen (secondary N) is 1. The van der Waals surface area contributed by atoms with E-state index in [9.17, 15) is 8.42 Å². The number of nitrogens with zero attached hydrogens (tertiary/aromatic N) is 1. The molecule has 2 saturated heterocycles. The number of sulfonamides is 1. The molecule has 1 aromatic heterocycles. The summed E-state index contributed by atoms with van der Waals surface area (Å²) < 4.78 is 28.4. The molecule has 0 amide bonds. The number of thiophene rings is 1. The van der Waals surface area contributed by atoms with E-state index in [1.165, 1.54) is 17.8 Å². The minimum Gasteiger partial charge on any atom is -0.310 e. The molecule has 0 radical (unpaired) electrons. The molecule has 3 rings (SSSR count). The number of hydrogen-bond donors (Lipinski definition) is 1. The molecule has 2 bridgehead atoms. The van der Waals surface area contributed by atoms with Crippen molar-refractivity contribution in [3.63, 3.8) is 0 Å². The van der Waals surface area contributed by atoms with Crippen LogP contribution in [-0.2, 0) is 10.0 Å². The van der Waals surface area contributed by atoms with Crippen LogP contribution in [-0.4, -0.2) is 37.9 Å². The molecule has 106 valence electrons. The molecular formula is C12H17BrN2O2S2. The van der Waals surface area contributed by atoms with Crippen LogP contribution in [0, 0.1) is 6.92 Å². The van der Waals surface area contributed by atoms with Gasteiger partial charge in [0.05, 0.1) is 3.79 Å². The van der Waals surface area contributed by atoms with E-state index in [0.717, 1.165) is 22.2 Å². The van der Waals surface area contributed by atoms with Gasteiger partial charge in [-0.2, -0.15) is 4.31 Å². The zero-order valence-corrected chi connectivity index (χ0v) is 13.9. The molecule has 1 N–H and O–H groups in total. The van der Waals surface area contributed by atoms with E-state index in [0.29, 0.717) is 29.4 Å². The summed E-state index contributed by atoms with van der Waals surface area (Å²) in [6, 6.07) is 2.59. The summed E-state index contributed by atoms with van der Waals surface area (Å²) in [4.78, 5) is 0. The fraction of sp³-hybridized carbons (Fsp3) is 0.667. The maximum Gasteiger partial charge on any atom is 0.252 e. The third kappa shape index (κ3) is 2.63. The molecule has 1 aromatic rings. The van der Waals surface area contributed by atoms with E-state index in [1.807, 2.05) is 6.92 Å². The Morgan fingerprint density at radius 3 is 2.79 bits per heavy atom. The highest BCUT2D eigenvalue weighted by Gasteiger charge is 2.35. The van der Waals surface area contributed by atoms with Crippen LogP contribution in [0.4, 0.5) is 0 Å². The lowest BCUT2D eigenvalue weighted by Gasteiger charge is -2.22. The molecule has 2 fully saturated rings. The quantitative estimate of drug-likeness (QED) is 0.875. The fourth-order valence-electron chi connectivity index (χ4n) is 2.82. The first-order valence-electron chi connectivity index (χ1n) is 6.49. The van der Waals surface area contributed by atoms with Crippen LogP contribution in [0.3, 0.4) is 0 Å². The second kappa shape index (κ2) is 5.11. The molecule has 2 atom stereocenters. The van der Waals surface area contributed by atoms with Gasteiger partial charge < -0.3 is 5.32 Å². The van der Waals surface area contributed by atoms with Crippen molar-refractivity contribution in [3.8, 4) is 0 Å². The first-order chi connectivity index (χ1) is 8.96. The van der Waals surface area contributed by atoms with Crippen molar-refractivity contribution in [2.75, 3.05) is 13.1 Å². The van der Waals surface area contributed by atoms with Crippen LogP contribution in [0.1, 0.15) is 24.8 Å². The number of halogens is 1. The van der Waals surface area contributed by atoms with Gasteiger partial charge in [-0.1, -0.05) is 0 Å². The molecule has 2 aliphatic heterocycles. The topological polar surface area (TPSA) is 49.4 Å². The molecule has 0 aliphatic carbocycles. The minimum atomic E-state index is -3.33. The van der Waals surface area contributed by atoms with Gasteiger partial charge in [0.25, 0.3) is 10.0 Å². The minimum absolute atomic E-state index is 0.326. The van der Waals surface area contributed by atoms with E-state index in [2.05, 4.69) is 21.2 Å². The Bertz CT molecular complexity index is 565. The maximum atomic E-state index is 12.7. The summed E-state index contributed by atoms with van der Waals surface area (Å²) in [6.07, 6.45) is 3.19. The van der Waals surface area contributed by atoms with E-state index in [-0.39, 0.29) is 0 Å². The van der Waals surface area contributed by atoms with Gasteiger partial charge in [0.15, 0.2) is 0 Å². The Morgan fingerprint density at radius 1 is 1.37 bits per heavy atom. The molecule has 2 unspecified atom stereocenters. The van der Waals surface area contributed by atoms with Crippen molar-refractivity contribution in [2.24, 2.45) is 0 Å². The third-order valence-corrected chi connectivity index (χ3v) is 8.37. The Labute approximate surface area is 126 Å². The number of fused-ring (bicyclic) bond motifs is 2. The largest absolute Gasteiger partial charge is 0.310 e. The van der Waals surface area contributed by atoms with E-state index >= 15 is 0 Å². The van der Waals surface area contributed by atoms with Crippen LogP contribution < -0.4 is 5.32 Å². The normalized spacial score (nSPS) is 28.5. The molecular weight excluding hydrogens is 348 g/mol. The number of hydrogen-bond acceptors (Lipinski definition) is 4. The van der Waals surface area contributed by atoms with Gasteiger partial charge in [0.1, 0.15) is 4.21 Å². The van der Waals surface area contributed by atoms with E-state index in [4.69, 9.17) is 0 Å². The molecule has 0 aromatic carbocycles. The molecule has 0 saturated carbocycles. The van der Waals surface area contributed by atoms with Crippen molar-refractivity contribution in [1.82, 2.24) is 9.62 Å². The average Bonchev–Trinajstić information content (AvgIpc) is 2.83. The van der Waals surface area contributed by atoms with Crippen LogP contribution >= 0.6 is 27.3 Å². The Morgan fingerprint density at radius 2 is 2.11 bits per heavy atom. The SMILES string of the molecule is Cc1cc(S(=O)(=O)N2CCC3CCC(C2)N3)sc1Br. The predicted molar refractivity (Wildman–Crippen MR) is 80.1 cm³/mol. The Hall–Kier alpha value is 0.0500. The van der Waals surface area contributed by atoms with Crippen LogP contribution in [0.2, 0.25) is 0 Å². The standard InChI is InChI=1S/C12H17BrN2O2S2/c1-8-6-11(18-12(8)13)19(16,17)15-5-4-9-2-3-10(7-15)14-9/h6,9-10,14H,2-5,7H2,1H3. The van der Waals surface area contributed by atoms with Gasteiger partial charge in [-0.05, 0) is 53.7 Å². The second-order valence-electron chi connectivity index (χ2n) is 5.31. The lowest BCUT2D eigenvalue weighted by atomic mass is 10.1. The summed E-state index contributed by atoms with van der Waals surface area (Å²) in [7, 11) is -3.33. The summed E-state index contributed by atoms with van der Waals surface area (Å²) >= 11 is 4.71. The highest BCUT2D eigenvalue weighted by atomic mass is 79.9. The lowest BCUT2D eigenvalue weighted by molar-refractivity contribution is 0.384. The van der Waals surface area contributed by atoms with E-state index < -0.39 is 10.0 Å². The summed E-state index contributed by atoms with van der Waals surface area (Å²) in [5.41, 5.74) is 0.984. The van der Waals surface area contributed by atoms with Crippen molar-refractivity contribution in [1.29, 1.82) is 0 Å². The molecule has 0 spiro atoms. The second-order valence-corrected chi connectivity index (χ2v) is 9.85. The van der Waals surface area contributed by atoms with Crippen LogP contribution in [0.25, 0.3) is 0 Å². The summed E-state index contributed by atoms with van der Waals surface area (Å²) in [6.45, 7) is 3.16. The van der Waals surface area contributed by atoms with Gasteiger partial charge in [-0.25, -0.2) is 8.42 Å². The molecule has 19 heavy (non-hydrogen) atoms. The molecule has 3 heterocycles. The van der Waals surface area contributed by atoms with Crippen LogP contribution in [0.5, 0.6) is 0 Å². The van der Waals surface area contributed by atoms with Crippen molar-refractivity contribution in [3.05, 3.63) is 15.4 Å². The number of rotatable bonds is 2. The van der Waals surface area contributed by atoms with Crippen molar-refractivity contribution in [2.45, 2.75) is 42.5 Å². The Kier molecular flexibility index (Phi) is 3.77. The predicted octanol–water partition coefficient (Wildman–Crippen LogP) is 2.33. The molecule has 2 aliphatic rings. The van der Waals surface area contributed by atoms with Gasteiger partial charge >= 0.3 is 0 Å². The monoisotopic (exact) mass is 364 g/mol. The molecule has 7 heteroatoms. The first kappa shape index (κ1) is 14.0.